The van der Waals surface area contributed by atoms with Crippen LogP contribution in [0.5, 0.6) is 0 Å². The van der Waals surface area contributed by atoms with E-state index >= 15 is 0 Å². The Hall–Kier alpha value is -2.39. The number of piperazine rings is 1. The first-order valence-corrected chi connectivity index (χ1v) is 9.31. The highest BCUT2D eigenvalue weighted by Crippen LogP contribution is 2.30. The molecular formula is C20H26N4O2. The number of amides is 2. The molecule has 6 heteroatoms. The molecule has 1 saturated carbocycles. The van der Waals surface area contributed by atoms with E-state index < -0.39 is 0 Å². The van der Waals surface area contributed by atoms with Gasteiger partial charge in [0, 0.05) is 39.1 Å². The van der Waals surface area contributed by atoms with Crippen molar-refractivity contribution >= 4 is 11.8 Å². The van der Waals surface area contributed by atoms with E-state index in [9.17, 15) is 14.9 Å². The topological polar surface area (TPSA) is 67.7 Å². The van der Waals surface area contributed by atoms with E-state index in [0.717, 1.165) is 31.4 Å². The first-order chi connectivity index (χ1) is 12.6. The molecule has 26 heavy (non-hydrogen) atoms. The van der Waals surface area contributed by atoms with Crippen LogP contribution in [0, 0.1) is 11.3 Å². The molecular weight excluding hydrogens is 328 g/mol. The van der Waals surface area contributed by atoms with Crippen LogP contribution in [0.3, 0.4) is 0 Å². The highest BCUT2D eigenvalue weighted by molar-refractivity contribution is 5.84. The van der Waals surface area contributed by atoms with E-state index in [2.05, 4.69) is 11.0 Å². The molecule has 1 heterocycles. The standard InChI is InChI=1S/C20H26N4O2/c1-16(25)22(10-9-17-5-3-2-4-6-17)15-20(26)23-11-12-24(18-7-8-18)19(13-21)14-23/h2-6,18-19H,7-12,14-15H2,1H3. The van der Waals surface area contributed by atoms with Crippen molar-refractivity contribution in [2.45, 2.75) is 38.3 Å². The van der Waals surface area contributed by atoms with Crippen molar-refractivity contribution in [1.82, 2.24) is 14.7 Å². The summed E-state index contributed by atoms with van der Waals surface area (Å²) in [7, 11) is 0. The molecule has 1 atom stereocenters. The maximum Gasteiger partial charge on any atom is 0.242 e. The predicted molar refractivity (Wildman–Crippen MR) is 98.1 cm³/mol. The summed E-state index contributed by atoms with van der Waals surface area (Å²) in [6, 6.07) is 12.6. The first kappa shape index (κ1) is 18.4. The van der Waals surface area contributed by atoms with E-state index in [-0.39, 0.29) is 24.4 Å². The number of carbonyl (C=O) groups excluding carboxylic acids is 2. The maximum absolute atomic E-state index is 12.7. The average molecular weight is 354 g/mol. The van der Waals surface area contributed by atoms with Crippen molar-refractivity contribution in [3.63, 3.8) is 0 Å². The number of nitriles is 1. The zero-order chi connectivity index (χ0) is 18.5. The molecule has 1 saturated heterocycles. The minimum Gasteiger partial charge on any atom is -0.337 e. The summed E-state index contributed by atoms with van der Waals surface area (Å²) in [6.07, 6.45) is 3.04. The molecule has 0 bridgehead atoms. The normalized spacial score (nSPS) is 20.5. The van der Waals surface area contributed by atoms with E-state index in [1.807, 2.05) is 30.3 Å². The summed E-state index contributed by atoms with van der Waals surface area (Å²) >= 11 is 0. The molecule has 1 aromatic carbocycles. The van der Waals surface area contributed by atoms with Crippen LogP contribution in [0.1, 0.15) is 25.3 Å². The van der Waals surface area contributed by atoms with Crippen molar-refractivity contribution in [3.8, 4) is 6.07 Å². The second-order valence-electron chi connectivity index (χ2n) is 7.13. The molecule has 138 valence electrons. The fourth-order valence-corrected chi connectivity index (χ4v) is 3.50. The van der Waals surface area contributed by atoms with Crippen LogP contribution in [0.2, 0.25) is 0 Å². The van der Waals surface area contributed by atoms with E-state index in [1.165, 1.54) is 6.92 Å². The summed E-state index contributed by atoms with van der Waals surface area (Å²) in [5.74, 6) is -0.160. The largest absolute Gasteiger partial charge is 0.337 e. The third-order valence-corrected chi connectivity index (χ3v) is 5.22. The molecule has 2 amide bonds. The van der Waals surface area contributed by atoms with Crippen LogP contribution in [0.15, 0.2) is 30.3 Å². The molecule has 1 unspecified atom stereocenters. The zero-order valence-corrected chi connectivity index (χ0v) is 15.3. The van der Waals surface area contributed by atoms with Gasteiger partial charge in [-0.2, -0.15) is 5.26 Å². The van der Waals surface area contributed by atoms with Gasteiger partial charge in [0.1, 0.15) is 6.04 Å². The Balaban J connectivity index is 1.54. The molecule has 2 fully saturated rings. The number of hydrogen-bond donors (Lipinski definition) is 0. The van der Waals surface area contributed by atoms with Gasteiger partial charge in [0.25, 0.3) is 0 Å². The smallest absolute Gasteiger partial charge is 0.242 e. The van der Waals surface area contributed by atoms with Crippen LogP contribution in [-0.2, 0) is 16.0 Å². The molecule has 2 aliphatic rings. The minimum atomic E-state index is -0.227. The van der Waals surface area contributed by atoms with Crippen LogP contribution >= 0.6 is 0 Å². The third-order valence-electron chi connectivity index (χ3n) is 5.22. The van der Waals surface area contributed by atoms with Crippen molar-refractivity contribution in [1.29, 1.82) is 5.26 Å². The number of carbonyl (C=O) groups is 2. The van der Waals surface area contributed by atoms with Gasteiger partial charge in [0.2, 0.25) is 11.8 Å². The van der Waals surface area contributed by atoms with Gasteiger partial charge in [0.05, 0.1) is 12.6 Å². The fraction of sp³-hybridized carbons (Fsp3) is 0.550. The Labute approximate surface area is 155 Å². The fourth-order valence-electron chi connectivity index (χ4n) is 3.50. The monoisotopic (exact) mass is 354 g/mol. The number of hydrogen-bond acceptors (Lipinski definition) is 4. The van der Waals surface area contributed by atoms with Gasteiger partial charge < -0.3 is 9.80 Å². The average Bonchev–Trinajstić information content (AvgIpc) is 3.50. The molecule has 0 N–H and O–H groups in total. The van der Waals surface area contributed by atoms with Crippen LogP contribution in [0.4, 0.5) is 0 Å². The van der Waals surface area contributed by atoms with Crippen LogP contribution in [0.25, 0.3) is 0 Å². The van der Waals surface area contributed by atoms with Gasteiger partial charge in [-0.15, -0.1) is 0 Å². The lowest BCUT2D eigenvalue weighted by Gasteiger charge is -2.39. The summed E-state index contributed by atoms with van der Waals surface area (Å²) in [6.45, 7) is 3.94. The Morgan fingerprint density at radius 1 is 1.23 bits per heavy atom. The quantitative estimate of drug-likeness (QED) is 0.772. The van der Waals surface area contributed by atoms with E-state index in [4.69, 9.17) is 0 Å². The summed E-state index contributed by atoms with van der Waals surface area (Å²) in [4.78, 5) is 30.2. The number of benzene rings is 1. The number of rotatable bonds is 6. The Bertz CT molecular complexity index is 681. The molecule has 6 nitrogen and oxygen atoms in total. The summed E-state index contributed by atoms with van der Waals surface area (Å²) < 4.78 is 0. The van der Waals surface area contributed by atoms with Gasteiger partial charge in [-0.05, 0) is 24.8 Å². The SMILES string of the molecule is CC(=O)N(CCc1ccccc1)CC(=O)N1CCN(C2CC2)C(C#N)C1. The predicted octanol–water partition coefficient (Wildman–Crippen LogP) is 1.28. The van der Waals surface area contributed by atoms with Crippen molar-refractivity contribution in [2.24, 2.45) is 0 Å². The van der Waals surface area contributed by atoms with Crippen LogP contribution < -0.4 is 0 Å². The van der Waals surface area contributed by atoms with Gasteiger partial charge in [0.15, 0.2) is 0 Å². The Morgan fingerprint density at radius 3 is 2.58 bits per heavy atom. The van der Waals surface area contributed by atoms with Gasteiger partial charge in [-0.25, -0.2) is 0 Å². The second kappa shape index (κ2) is 8.33. The third kappa shape index (κ3) is 4.61. The lowest BCUT2D eigenvalue weighted by molar-refractivity contribution is -0.141. The lowest BCUT2D eigenvalue weighted by atomic mass is 10.1. The maximum atomic E-state index is 12.7. The first-order valence-electron chi connectivity index (χ1n) is 9.31. The molecule has 0 spiro atoms. The Morgan fingerprint density at radius 2 is 1.96 bits per heavy atom. The Kier molecular flexibility index (Phi) is 5.89. The minimum absolute atomic E-state index is 0.0658. The van der Waals surface area contributed by atoms with Gasteiger partial charge in [-0.1, -0.05) is 30.3 Å². The highest BCUT2D eigenvalue weighted by atomic mass is 16.2. The van der Waals surface area contributed by atoms with Crippen molar-refractivity contribution in [3.05, 3.63) is 35.9 Å². The molecule has 0 aromatic heterocycles. The van der Waals surface area contributed by atoms with Crippen LogP contribution in [-0.4, -0.2) is 71.3 Å². The summed E-state index contributed by atoms with van der Waals surface area (Å²) in [5.41, 5.74) is 1.15. The molecule has 1 aromatic rings. The van der Waals surface area contributed by atoms with Gasteiger partial charge in [-0.3, -0.25) is 14.5 Å². The highest BCUT2D eigenvalue weighted by Gasteiger charge is 2.38. The van der Waals surface area contributed by atoms with Crippen molar-refractivity contribution < 1.29 is 9.59 Å². The number of nitrogens with zero attached hydrogens (tertiary/aromatic N) is 4. The zero-order valence-electron chi connectivity index (χ0n) is 15.3. The lowest BCUT2D eigenvalue weighted by Crippen LogP contribution is -2.56. The molecule has 3 rings (SSSR count). The van der Waals surface area contributed by atoms with Crippen molar-refractivity contribution in [2.75, 3.05) is 32.7 Å². The van der Waals surface area contributed by atoms with E-state index in [0.29, 0.717) is 25.7 Å². The molecule has 0 radical (unpaired) electrons. The molecule has 1 aliphatic heterocycles. The summed E-state index contributed by atoms with van der Waals surface area (Å²) in [5, 5.41) is 9.42. The molecule has 1 aliphatic carbocycles. The van der Waals surface area contributed by atoms with Gasteiger partial charge >= 0.3 is 0 Å². The van der Waals surface area contributed by atoms with E-state index in [1.54, 1.807) is 9.80 Å². The second-order valence-corrected chi connectivity index (χ2v) is 7.13.